The monoisotopic (exact) mass is 194 g/mol. The molecule has 0 bridgehead atoms. The molecule has 0 aliphatic carbocycles. The Morgan fingerprint density at radius 3 is 1.40 bits per heavy atom. The summed E-state index contributed by atoms with van der Waals surface area (Å²) in [5.74, 6) is 0. The second-order valence-corrected chi connectivity index (χ2v) is 0.612. The first-order valence-corrected chi connectivity index (χ1v) is 1.50. The van der Waals surface area contributed by atoms with Crippen LogP contribution in [0.5, 0.6) is 0 Å². The van der Waals surface area contributed by atoms with Gasteiger partial charge in [-0.05, 0) is 0 Å². The van der Waals surface area contributed by atoms with Gasteiger partial charge in [0.25, 0.3) is 0 Å². The molecule has 0 aromatic heterocycles. The van der Waals surface area contributed by atoms with Crippen LogP contribution in [0.15, 0.2) is 0 Å². The van der Waals surface area contributed by atoms with Gasteiger partial charge in [-0.25, -0.2) is 0 Å². The van der Waals surface area contributed by atoms with Gasteiger partial charge in [0.15, 0.2) is 0 Å². The minimum Gasteiger partial charge on any atom is -0.784 e. The fourth-order valence-electron chi connectivity index (χ4n) is 0. The van der Waals surface area contributed by atoms with Crippen molar-refractivity contribution in [3.05, 3.63) is 0 Å². The summed E-state index contributed by atoms with van der Waals surface area (Å²) in [6.45, 7) is 0. The van der Waals surface area contributed by atoms with Crippen molar-refractivity contribution in [3.8, 4) is 0 Å². The maximum Gasteiger partial charge on any atom is 0 e. The van der Waals surface area contributed by atoms with Gasteiger partial charge in [0.05, 0.1) is 0 Å². The van der Waals surface area contributed by atoms with Gasteiger partial charge in [-0.15, -0.1) is 11.4 Å². The van der Waals surface area contributed by atoms with Crippen LogP contribution in [0, 0.1) is 0 Å². The predicted octanol–water partition coefficient (Wildman–Crippen LogP) is -1.01. The van der Waals surface area contributed by atoms with E-state index in [1.165, 1.54) is 0 Å². The molecule has 0 aliphatic rings. The quantitative estimate of drug-likeness (QED) is 0.365. The molecule has 0 unspecified atom stereocenters. The van der Waals surface area contributed by atoms with Crippen LogP contribution in [0.25, 0.3) is 0 Å². The molecular weight excluding hydrogens is 192 g/mol. The van der Waals surface area contributed by atoms with E-state index >= 15 is 0 Å². The average Bonchev–Trinajstić information content (AvgIpc) is 0.811. The van der Waals surface area contributed by atoms with Gasteiger partial charge < -0.3 is 9.11 Å². The van der Waals surface area contributed by atoms with E-state index in [0.717, 1.165) is 0 Å². The van der Waals surface area contributed by atoms with Crippen LogP contribution in [0.1, 0.15) is 0 Å². The maximum atomic E-state index is 8.44. The molecule has 5 heavy (non-hydrogen) atoms. The van der Waals surface area contributed by atoms with Crippen molar-refractivity contribution in [1.82, 2.24) is 0 Å². The van der Waals surface area contributed by atoms with Crippen LogP contribution in [-0.2, 0) is 38.7 Å². The third-order valence-electron chi connectivity index (χ3n) is 0. The molecule has 0 spiro atoms. The van der Waals surface area contributed by atoms with Crippen LogP contribution < -0.4 is 0 Å². The standard InChI is InChI=1S/Cd.H2O3S/c;1-4(2)3/h;(H2,1,2,3)/p-2. The maximum absolute atomic E-state index is 8.44. The molecule has 0 heterocycles. The van der Waals surface area contributed by atoms with E-state index < -0.39 is 11.4 Å². The Balaban J connectivity index is 0. The average molecular weight is 192 g/mol. The van der Waals surface area contributed by atoms with Crippen LogP contribution in [0.2, 0.25) is 0 Å². The van der Waals surface area contributed by atoms with Gasteiger partial charge in [0.2, 0.25) is 0 Å². The fourth-order valence-corrected chi connectivity index (χ4v) is 0. The van der Waals surface area contributed by atoms with E-state index in [9.17, 15) is 0 Å². The van der Waals surface area contributed by atoms with Crippen molar-refractivity contribution in [3.63, 3.8) is 0 Å². The number of hydrogen-bond acceptors (Lipinski definition) is 3. The van der Waals surface area contributed by atoms with E-state index in [-0.39, 0.29) is 27.3 Å². The van der Waals surface area contributed by atoms with Crippen molar-refractivity contribution in [2.24, 2.45) is 0 Å². The first-order chi connectivity index (χ1) is 1.73. The van der Waals surface area contributed by atoms with Gasteiger partial charge >= 0.3 is 0 Å². The molecule has 0 N–H and O–H groups in total. The number of hydrogen-bond donors (Lipinski definition) is 0. The molecule has 0 aromatic rings. The molecule has 0 atom stereocenters. The summed E-state index contributed by atoms with van der Waals surface area (Å²) in [6, 6.07) is 0. The topological polar surface area (TPSA) is 63.2 Å². The molecule has 0 saturated heterocycles. The van der Waals surface area contributed by atoms with Gasteiger partial charge in [-0.1, -0.05) is 0 Å². The van der Waals surface area contributed by atoms with Gasteiger partial charge in [0.1, 0.15) is 0 Å². The van der Waals surface area contributed by atoms with E-state index in [0.29, 0.717) is 0 Å². The molecule has 28 valence electrons. The third-order valence-corrected chi connectivity index (χ3v) is 0. The molecule has 0 rings (SSSR count). The largest absolute Gasteiger partial charge is 0.784 e. The first kappa shape index (κ1) is 9.37. The zero-order chi connectivity index (χ0) is 3.58. The molecule has 3 nitrogen and oxygen atoms in total. The molecular formula is CdO3S-2. The van der Waals surface area contributed by atoms with Crippen LogP contribution in [-0.4, -0.2) is 13.3 Å². The van der Waals surface area contributed by atoms with E-state index in [4.69, 9.17) is 13.3 Å². The summed E-state index contributed by atoms with van der Waals surface area (Å²) in [5, 5.41) is 0. The van der Waals surface area contributed by atoms with Crippen molar-refractivity contribution >= 4 is 11.4 Å². The van der Waals surface area contributed by atoms with Crippen molar-refractivity contribution in [2.75, 3.05) is 0 Å². The zero-order valence-corrected chi connectivity index (χ0v) is 7.19. The molecule has 0 amide bonds. The van der Waals surface area contributed by atoms with Gasteiger partial charge in [-0.3, -0.25) is 4.21 Å². The summed E-state index contributed by atoms with van der Waals surface area (Å²) >= 11 is -3.11. The van der Waals surface area contributed by atoms with Gasteiger partial charge in [0, 0.05) is 27.3 Å². The molecule has 5 heteroatoms. The summed E-state index contributed by atoms with van der Waals surface area (Å²) in [7, 11) is 0. The zero-order valence-electron chi connectivity index (χ0n) is 2.34. The summed E-state index contributed by atoms with van der Waals surface area (Å²) in [6.07, 6.45) is 0. The summed E-state index contributed by atoms with van der Waals surface area (Å²) in [5.41, 5.74) is 0. The van der Waals surface area contributed by atoms with Gasteiger partial charge in [-0.2, -0.15) is 0 Å². The van der Waals surface area contributed by atoms with Crippen LogP contribution >= 0.6 is 0 Å². The first-order valence-electron chi connectivity index (χ1n) is 0.500. The minimum atomic E-state index is -3.11. The Labute approximate surface area is 52.0 Å². The van der Waals surface area contributed by atoms with Crippen molar-refractivity contribution in [2.45, 2.75) is 0 Å². The van der Waals surface area contributed by atoms with Crippen molar-refractivity contribution < 1.29 is 40.6 Å². The molecule has 0 aromatic carbocycles. The Hall–Kier alpha value is 0.992. The fraction of sp³-hybridized carbons (Fsp3) is 0. The van der Waals surface area contributed by atoms with E-state index in [2.05, 4.69) is 0 Å². The molecule has 0 fully saturated rings. The summed E-state index contributed by atoms with van der Waals surface area (Å²) in [4.78, 5) is 0. The number of rotatable bonds is 0. The smallest absolute Gasteiger partial charge is 0 e. The molecule has 0 aliphatic heterocycles. The SMILES string of the molecule is O=S([O-])[O-].[Cd]. The van der Waals surface area contributed by atoms with E-state index in [1.54, 1.807) is 0 Å². The summed E-state index contributed by atoms with van der Waals surface area (Å²) < 4.78 is 25.3. The normalized spacial score (nSPS) is 7.00. The Kier molecular flexibility index (Phi) is 9.36. The van der Waals surface area contributed by atoms with E-state index in [1.807, 2.05) is 0 Å². The molecule has 0 radical (unpaired) electrons. The molecule has 0 saturated carbocycles. The Bertz CT molecular complexity index is 29.9. The van der Waals surface area contributed by atoms with Crippen LogP contribution in [0.4, 0.5) is 0 Å². The van der Waals surface area contributed by atoms with Crippen LogP contribution in [0.3, 0.4) is 0 Å². The minimum absolute atomic E-state index is 0. The second-order valence-electron chi connectivity index (χ2n) is 0.204. The third kappa shape index (κ3) is 45.4. The second kappa shape index (κ2) is 4.99. The Morgan fingerprint density at radius 2 is 1.40 bits per heavy atom. The Morgan fingerprint density at radius 1 is 1.40 bits per heavy atom. The predicted molar refractivity (Wildman–Crippen MR) is 9.70 cm³/mol. The van der Waals surface area contributed by atoms with Crippen molar-refractivity contribution in [1.29, 1.82) is 0 Å².